The Bertz CT molecular complexity index is 1480. The number of hydrogen-bond donors (Lipinski definition) is 0. The van der Waals surface area contributed by atoms with Gasteiger partial charge in [-0.25, -0.2) is 0 Å². The van der Waals surface area contributed by atoms with E-state index in [1.807, 2.05) is 34.0 Å². The Balaban J connectivity index is 1.82. The Labute approximate surface area is 218 Å². The third kappa shape index (κ3) is 3.89. The largest absolute Gasteiger partial charge is 0.294 e. The molecule has 0 spiro atoms. The molecule has 0 fully saturated rings. The van der Waals surface area contributed by atoms with Gasteiger partial charge in [0, 0.05) is 34.1 Å². The molecule has 0 bridgehead atoms. The minimum absolute atomic E-state index is 0.165. The number of rotatable bonds is 6. The van der Waals surface area contributed by atoms with Gasteiger partial charge >= 0.3 is 0 Å². The Hall–Kier alpha value is -1.53. The van der Waals surface area contributed by atoms with Gasteiger partial charge in [-0.15, -0.1) is 45.3 Å². The maximum absolute atomic E-state index is 12.1. The van der Waals surface area contributed by atoms with Crippen molar-refractivity contribution in [3.8, 4) is 9.75 Å². The Morgan fingerprint density at radius 3 is 2.00 bits per heavy atom. The molecule has 0 aliphatic heterocycles. The third-order valence-electron chi connectivity index (χ3n) is 6.52. The van der Waals surface area contributed by atoms with Gasteiger partial charge in [0.1, 0.15) is 0 Å². The van der Waals surface area contributed by atoms with Crippen molar-refractivity contribution >= 4 is 81.4 Å². The Morgan fingerprint density at radius 2 is 1.41 bits per heavy atom. The molecule has 0 saturated heterocycles. The van der Waals surface area contributed by atoms with Gasteiger partial charge in [0.05, 0.1) is 9.75 Å². The summed E-state index contributed by atoms with van der Waals surface area (Å²) in [6.07, 6.45) is 4.54. The molecule has 0 aliphatic rings. The van der Waals surface area contributed by atoms with Gasteiger partial charge in [0.15, 0.2) is 5.78 Å². The number of benzene rings is 1. The van der Waals surface area contributed by atoms with Crippen molar-refractivity contribution in [2.24, 2.45) is 0 Å². The molecule has 1 nitrogen and oxygen atoms in total. The van der Waals surface area contributed by atoms with Crippen LogP contribution >= 0.6 is 45.3 Å². The number of carbonyl (C=O) groups excluding carboxylic acids is 1. The lowest BCUT2D eigenvalue weighted by Gasteiger charge is -2.15. The molecule has 0 saturated carbocycles. The van der Waals surface area contributed by atoms with Crippen LogP contribution in [0.4, 0.5) is 0 Å². The van der Waals surface area contributed by atoms with Crippen LogP contribution in [0.15, 0.2) is 18.2 Å². The summed E-state index contributed by atoms with van der Waals surface area (Å²) in [4.78, 5) is 18.4. The van der Waals surface area contributed by atoms with Crippen LogP contribution in [0.1, 0.15) is 84.9 Å². The second kappa shape index (κ2) is 8.85. The van der Waals surface area contributed by atoms with Crippen LogP contribution in [0.5, 0.6) is 0 Å². The molecule has 5 rings (SSSR count). The van der Waals surface area contributed by atoms with Crippen molar-refractivity contribution in [2.75, 3.05) is 0 Å². The first-order chi connectivity index (χ1) is 16.1. The molecule has 4 heterocycles. The molecule has 5 aromatic rings. The first-order valence-corrected chi connectivity index (χ1v) is 15.5. The fourth-order valence-corrected chi connectivity index (χ4v) is 9.85. The normalized spacial score (nSPS) is 12.6. The quantitative estimate of drug-likeness (QED) is 0.202. The van der Waals surface area contributed by atoms with Crippen molar-refractivity contribution in [3.05, 3.63) is 44.0 Å². The van der Waals surface area contributed by atoms with Crippen LogP contribution in [0.3, 0.4) is 0 Å². The van der Waals surface area contributed by atoms with Crippen LogP contribution in [0.2, 0.25) is 0 Å². The summed E-state index contributed by atoms with van der Waals surface area (Å²) in [5, 5.41) is 4.21. The van der Waals surface area contributed by atoms with E-state index in [0.29, 0.717) is 0 Å². The summed E-state index contributed by atoms with van der Waals surface area (Å²) in [6, 6.07) is 7.09. The van der Waals surface area contributed by atoms with E-state index in [-0.39, 0.29) is 11.2 Å². The van der Waals surface area contributed by atoms with Crippen LogP contribution in [0, 0.1) is 6.92 Å². The first-order valence-electron chi connectivity index (χ1n) is 12.2. The van der Waals surface area contributed by atoms with E-state index in [2.05, 4.69) is 59.7 Å². The number of carbonyl (C=O) groups is 1. The van der Waals surface area contributed by atoms with Crippen LogP contribution in [-0.2, 0) is 18.3 Å². The number of fused-ring (bicyclic) bond motifs is 3. The van der Waals surface area contributed by atoms with Crippen molar-refractivity contribution in [1.82, 2.24) is 0 Å². The molecule has 5 heteroatoms. The molecule has 4 aromatic heterocycles. The molecule has 0 unspecified atom stereocenters. The summed E-state index contributed by atoms with van der Waals surface area (Å²) >= 11 is 7.52. The second-order valence-electron chi connectivity index (χ2n) is 10.3. The topological polar surface area (TPSA) is 17.1 Å². The Kier molecular flexibility index (Phi) is 6.29. The van der Waals surface area contributed by atoms with E-state index in [9.17, 15) is 4.79 Å². The standard InChI is InChI=1S/C29H32OS4/c1-8-10-17-19-12-23(28-21-13-22(15(3)30)32-25(21)16(4)31-28)33-26(19)18(11-9-2)20-14-24(29(5,6)7)34-27(17)20/h12-14H,8-11H2,1-7H3. The molecular formula is C29H32OS4. The molecule has 0 N–H and O–H groups in total. The molecule has 0 aliphatic carbocycles. The van der Waals surface area contributed by atoms with E-state index >= 15 is 0 Å². The fourth-order valence-electron chi connectivity index (χ4n) is 4.83. The number of hydrogen-bond acceptors (Lipinski definition) is 5. The van der Waals surface area contributed by atoms with E-state index in [4.69, 9.17) is 0 Å². The lowest BCUT2D eigenvalue weighted by Crippen LogP contribution is -2.07. The van der Waals surface area contributed by atoms with Crippen molar-refractivity contribution in [1.29, 1.82) is 0 Å². The monoisotopic (exact) mass is 524 g/mol. The fraction of sp³-hybridized carbons (Fsp3) is 0.414. The first kappa shape index (κ1) is 24.2. The van der Waals surface area contributed by atoms with Crippen molar-refractivity contribution in [3.63, 3.8) is 0 Å². The summed E-state index contributed by atoms with van der Waals surface area (Å²) in [6.45, 7) is 15.5. The zero-order valence-electron chi connectivity index (χ0n) is 21.1. The lowest BCUT2D eigenvalue weighted by molar-refractivity contribution is 0.102. The van der Waals surface area contributed by atoms with Gasteiger partial charge in [-0.1, -0.05) is 47.5 Å². The van der Waals surface area contributed by atoms with Gasteiger partial charge in [-0.3, -0.25) is 4.79 Å². The van der Waals surface area contributed by atoms with E-state index in [1.54, 1.807) is 18.3 Å². The highest BCUT2D eigenvalue weighted by molar-refractivity contribution is 7.30. The maximum Gasteiger partial charge on any atom is 0.169 e. The second-order valence-corrected chi connectivity index (χ2v) is 14.7. The van der Waals surface area contributed by atoms with E-state index < -0.39 is 0 Å². The zero-order valence-corrected chi connectivity index (χ0v) is 24.4. The molecule has 1 aromatic carbocycles. The molecule has 178 valence electrons. The van der Waals surface area contributed by atoms with Crippen LogP contribution in [0.25, 0.3) is 40.0 Å². The zero-order chi connectivity index (χ0) is 24.4. The molecule has 34 heavy (non-hydrogen) atoms. The minimum atomic E-state index is 0.165. The van der Waals surface area contributed by atoms with Gasteiger partial charge in [-0.05, 0) is 72.2 Å². The lowest BCUT2D eigenvalue weighted by atomic mass is 9.92. The smallest absolute Gasteiger partial charge is 0.169 e. The highest BCUT2D eigenvalue weighted by atomic mass is 32.1. The number of aryl methyl sites for hydroxylation is 3. The highest BCUT2D eigenvalue weighted by Gasteiger charge is 2.24. The molecule has 0 radical (unpaired) electrons. The van der Waals surface area contributed by atoms with Gasteiger partial charge < -0.3 is 0 Å². The van der Waals surface area contributed by atoms with Crippen molar-refractivity contribution in [2.45, 2.75) is 79.6 Å². The third-order valence-corrected chi connectivity index (χ3v) is 12.1. The minimum Gasteiger partial charge on any atom is -0.294 e. The summed E-state index contributed by atoms with van der Waals surface area (Å²) in [7, 11) is 0. The Morgan fingerprint density at radius 1 is 0.794 bits per heavy atom. The van der Waals surface area contributed by atoms with Crippen molar-refractivity contribution < 1.29 is 4.79 Å². The van der Waals surface area contributed by atoms with Crippen LogP contribution in [-0.4, -0.2) is 5.78 Å². The maximum atomic E-state index is 12.1. The summed E-state index contributed by atoms with van der Waals surface area (Å²) in [5.74, 6) is 0.165. The summed E-state index contributed by atoms with van der Waals surface area (Å²) < 4.78 is 4.27. The predicted octanol–water partition coefficient (Wildman–Crippen LogP) is 10.8. The molecule has 0 amide bonds. The molecular weight excluding hydrogens is 493 g/mol. The predicted molar refractivity (Wildman–Crippen MR) is 157 cm³/mol. The van der Waals surface area contributed by atoms with Gasteiger partial charge in [-0.2, -0.15) is 0 Å². The van der Waals surface area contributed by atoms with E-state index in [0.717, 1.165) is 30.6 Å². The van der Waals surface area contributed by atoms with Gasteiger partial charge in [0.25, 0.3) is 0 Å². The summed E-state index contributed by atoms with van der Waals surface area (Å²) in [5.41, 5.74) is 3.24. The average molecular weight is 525 g/mol. The number of thiophene rings is 4. The average Bonchev–Trinajstić information content (AvgIpc) is 3.52. The SMILES string of the molecule is CCCc1c2cc(C(C)(C)C)sc2c(CCC)c2cc(-c3sc(C)c4sc(C(C)=O)cc34)sc12. The van der Waals surface area contributed by atoms with Gasteiger partial charge in [0.2, 0.25) is 0 Å². The number of ketones is 1. The number of Topliss-reactive ketones (excluding diaryl/α,β-unsaturated/α-hetero) is 1. The van der Waals surface area contributed by atoms with E-state index in [1.165, 1.54) is 60.9 Å². The molecule has 0 atom stereocenters. The highest BCUT2D eigenvalue weighted by Crippen LogP contribution is 2.50. The van der Waals surface area contributed by atoms with Crippen LogP contribution < -0.4 is 0 Å².